The van der Waals surface area contributed by atoms with Gasteiger partial charge in [0, 0.05) is 17.6 Å². The quantitative estimate of drug-likeness (QED) is 0.728. The molecule has 5 heteroatoms. The Hall–Kier alpha value is -1.52. The average Bonchev–Trinajstić information content (AvgIpc) is 2.35. The molecule has 0 radical (unpaired) electrons. The first-order valence-corrected chi connectivity index (χ1v) is 5.79. The van der Waals surface area contributed by atoms with Gasteiger partial charge in [0.25, 0.3) is 0 Å². The summed E-state index contributed by atoms with van der Waals surface area (Å²) in [5, 5.41) is 22.5. The molecule has 0 saturated heterocycles. The molecule has 17 heavy (non-hydrogen) atoms. The standard InChI is InChI=1S/C12H13ClN2O2/c13-5-11(17)7-14-9-2-1-8-3-10(16)6-15-12(8)4-9/h1-4,6,11,14,16-17H,5,7H2. The van der Waals surface area contributed by atoms with Crippen molar-refractivity contribution < 1.29 is 10.2 Å². The minimum absolute atomic E-state index is 0.149. The van der Waals surface area contributed by atoms with Crippen LogP contribution in [0.5, 0.6) is 5.75 Å². The van der Waals surface area contributed by atoms with Gasteiger partial charge in [0.05, 0.1) is 23.7 Å². The highest BCUT2D eigenvalue weighted by atomic mass is 35.5. The Balaban J connectivity index is 2.17. The molecule has 0 aliphatic carbocycles. The zero-order chi connectivity index (χ0) is 12.3. The van der Waals surface area contributed by atoms with E-state index in [1.807, 2.05) is 18.2 Å². The third kappa shape index (κ3) is 2.99. The molecule has 0 saturated carbocycles. The zero-order valence-corrected chi connectivity index (χ0v) is 9.85. The van der Waals surface area contributed by atoms with Gasteiger partial charge >= 0.3 is 0 Å². The maximum atomic E-state index is 9.33. The van der Waals surface area contributed by atoms with Crippen LogP contribution in [0.25, 0.3) is 10.9 Å². The van der Waals surface area contributed by atoms with E-state index >= 15 is 0 Å². The van der Waals surface area contributed by atoms with Crippen molar-refractivity contribution in [3.05, 3.63) is 30.5 Å². The van der Waals surface area contributed by atoms with Crippen LogP contribution in [-0.4, -0.2) is 33.7 Å². The number of aliphatic hydroxyl groups is 1. The number of pyridine rings is 1. The highest BCUT2D eigenvalue weighted by Crippen LogP contribution is 2.20. The fourth-order valence-electron chi connectivity index (χ4n) is 1.51. The molecule has 0 fully saturated rings. The lowest BCUT2D eigenvalue weighted by atomic mass is 10.2. The van der Waals surface area contributed by atoms with Crippen molar-refractivity contribution in [3.8, 4) is 5.75 Å². The molecule has 1 atom stereocenters. The summed E-state index contributed by atoms with van der Waals surface area (Å²) in [5.41, 5.74) is 1.65. The molecular weight excluding hydrogens is 240 g/mol. The number of rotatable bonds is 4. The van der Waals surface area contributed by atoms with Crippen molar-refractivity contribution >= 4 is 28.2 Å². The van der Waals surface area contributed by atoms with Gasteiger partial charge in [-0.1, -0.05) is 6.07 Å². The lowest BCUT2D eigenvalue weighted by Gasteiger charge is -2.10. The predicted molar refractivity (Wildman–Crippen MR) is 68.6 cm³/mol. The van der Waals surface area contributed by atoms with Crippen LogP contribution in [0.1, 0.15) is 0 Å². The number of anilines is 1. The van der Waals surface area contributed by atoms with E-state index in [1.165, 1.54) is 6.20 Å². The number of aliphatic hydroxyl groups excluding tert-OH is 1. The smallest absolute Gasteiger partial charge is 0.134 e. The van der Waals surface area contributed by atoms with E-state index in [4.69, 9.17) is 11.6 Å². The van der Waals surface area contributed by atoms with Crippen molar-refractivity contribution in [2.45, 2.75) is 6.10 Å². The summed E-state index contributed by atoms with van der Waals surface area (Å²) in [6, 6.07) is 7.23. The van der Waals surface area contributed by atoms with Crippen molar-refractivity contribution in [3.63, 3.8) is 0 Å². The Bertz CT molecular complexity index is 519. The van der Waals surface area contributed by atoms with Gasteiger partial charge in [-0.25, -0.2) is 0 Å². The van der Waals surface area contributed by atoms with E-state index in [0.717, 1.165) is 16.6 Å². The van der Waals surface area contributed by atoms with Crippen LogP contribution >= 0.6 is 11.6 Å². The molecular formula is C12H13ClN2O2. The maximum absolute atomic E-state index is 9.33. The van der Waals surface area contributed by atoms with Crippen LogP contribution in [0.15, 0.2) is 30.5 Å². The van der Waals surface area contributed by atoms with E-state index in [2.05, 4.69) is 10.3 Å². The van der Waals surface area contributed by atoms with E-state index in [0.29, 0.717) is 6.54 Å². The highest BCUT2D eigenvalue weighted by molar-refractivity contribution is 6.18. The van der Waals surface area contributed by atoms with Gasteiger partial charge in [0.15, 0.2) is 0 Å². The number of fused-ring (bicyclic) bond motifs is 1. The van der Waals surface area contributed by atoms with E-state index < -0.39 is 6.10 Å². The molecule has 2 rings (SSSR count). The monoisotopic (exact) mass is 252 g/mol. The Labute approximate surface area is 104 Å². The second-order valence-corrected chi connectivity index (χ2v) is 4.10. The number of aromatic nitrogens is 1. The maximum Gasteiger partial charge on any atom is 0.134 e. The largest absolute Gasteiger partial charge is 0.506 e. The number of alkyl halides is 1. The third-order valence-electron chi connectivity index (χ3n) is 2.39. The topological polar surface area (TPSA) is 65.4 Å². The molecule has 1 heterocycles. The fourth-order valence-corrected chi connectivity index (χ4v) is 1.62. The first-order valence-electron chi connectivity index (χ1n) is 5.25. The number of benzene rings is 1. The highest BCUT2D eigenvalue weighted by Gasteiger charge is 2.02. The summed E-state index contributed by atoms with van der Waals surface area (Å²) >= 11 is 5.50. The van der Waals surface area contributed by atoms with Crippen LogP contribution in [0.3, 0.4) is 0 Å². The van der Waals surface area contributed by atoms with Gasteiger partial charge < -0.3 is 15.5 Å². The molecule has 0 aliphatic heterocycles. The summed E-state index contributed by atoms with van der Waals surface area (Å²) in [6.07, 6.45) is 0.833. The van der Waals surface area contributed by atoms with Crippen LogP contribution in [0, 0.1) is 0 Å². The van der Waals surface area contributed by atoms with Gasteiger partial charge in [0.1, 0.15) is 5.75 Å². The first kappa shape index (κ1) is 12.0. The van der Waals surface area contributed by atoms with Crippen LogP contribution in [0.4, 0.5) is 5.69 Å². The van der Waals surface area contributed by atoms with E-state index in [9.17, 15) is 10.2 Å². The lowest BCUT2D eigenvalue weighted by molar-refractivity contribution is 0.211. The molecule has 4 nitrogen and oxygen atoms in total. The Morgan fingerprint density at radius 3 is 2.94 bits per heavy atom. The second kappa shape index (κ2) is 5.21. The number of aromatic hydroxyl groups is 1. The molecule has 1 unspecified atom stereocenters. The Morgan fingerprint density at radius 1 is 1.35 bits per heavy atom. The van der Waals surface area contributed by atoms with Gasteiger partial charge in [-0.2, -0.15) is 0 Å². The van der Waals surface area contributed by atoms with Crippen molar-refractivity contribution in [1.29, 1.82) is 0 Å². The normalized spacial score (nSPS) is 12.6. The van der Waals surface area contributed by atoms with E-state index in [1.54, 1.807) is 6.07 Å². The molecule has 2 aromatic rings. The molecule has 0 bridgehead atoms. The minimum Gasteiger partial charge on any atom is -0.506 e. The Morgan fingerprint density at radius 2 is 2.18 bits per heavy atom. The molecule has 0 aliphatic rings. The van der Waals surface area contributed by atoms with Gasteiger partial charge in [0.2, 0.25) is 0 Å². The number of nitrogens with zero attached hydrogens (tertiary/aromatic N) is 1. The predicted octanol–water partition coefficient (Wildman–Crippen LogP) is 1.95. The first-order chi connectivity index (χ1) is 8.19. The Kier molecular flexibility index (Phi) is 3.66. The SMILES string of the molecule is Oc1cnc2cc(NCC(O)CCl)ccc2c1. The number of hydrogen-bond donors (Lipinski definition) is 3. The van der Waals surface area contributed by atoms with Gasteiger partial charge in [-0.15, -0.1) is 11.6 Å². The molecule has 90 valence electrons. The van der Waals surface area contributed by atoms with Crippen LogP contribution in [-0.2, 0) is 0 Å². The lowest BCUT2D eigenvalue weighted by Crippen LogP contribution is -2.20. The van der Waals surface area contributed by atoms with Gasteiger partial charge in [-0.05, 0) is 18.2 Å². The zero-order valence-electron chi connectivity index (χ0n) is 9.10. The summed E-state index contributed by atoms with van der Waals surface area (Å²) in [5.74, 6) is 0.350. The number of nitrogens with one attached hydrogen (secondary N) is 1. The number of hydrogen-bond acceptors (Lipinski definition) is 4. The summed E-state index contributed by atoms with van der Waals surface area (Å²) < 4.78 is 0. The third-order valence-corrected chi connectivity index (χ3v) is 2.75. The van der Waals surface area contributed by atoms with Crippen molar-refractivity contribution in [2.24, 2.45) is 0 Å². The summed E-state index contributed by atoms with van der Waals surface area (Å²) in [7, 11) is 0. The molecule has 0 spiro atoms. The van der Waals surface area contributed by atoms with Crippen LogP contribution < -0.4 is 5.32 Å². The molecule has 1 aromatic heterocycles. The average molecular weight is 253 g/mol. The summed E-state index contributed by atoms with van der Waals surface area (Å²) in [4.78, 5) is 4.11. The fraction of sp³-hybridized carbons (Fsp3) is 0.250. The van der Waals surface area contributed by atoms with Crippen LogP contribution in [0.2, 0.25) is 0 Å². The second-order valence-electron chi connectivity index (χ2n) is 3.79. The molecule has 0 amide bonds. The van der Waals surface area contributed by atoms with Crippen molar-refractivity contribution in [1.82, 2.24) is 4.98 Å². The minimum atomic E-state index is -0.569. The molecule has 1 aromatic carbocycles. The molecule has 3 N–H and O–H groups in total. The summed E-state index contributed by atoms with van der Waals surface area (Å²) in [6.45, 7) is 0.396. The van der Waals surface area contributed by atoms with Gasteiger partial charge in [-0.3, -0.25) is 4.98 Å². The number of halogens is 1. The van der Waals surface area contributed by atoms with E-state index in [-0.39, 0.29) is 11.6 Å². The van der Waals surface area contributed by atoms with Crippen molar-refractivity contribution in [2.75, 3.05) is 17.7 Å².